The van der Waals surface area contributed by atoms with E-state index in [0.717, 1.165) is 95.6 Å². The summed E-state index contributed by atoms with van der Waals surface area (Å²) in [6, 6.07) is 16.4. The number of likely N-dealkylation sites (tertiary alicyclic amines) is 1. The fourth-order valence-corrected chi connectivity index (χ4v) is 6.04. The fraction of sp³-hybridized carbons (Fsp3) is 0.364. The highest BCUT2D eigenvalue weighted by Crippen LogP contribution is 2.43. The number of allylic oxidation sites excluding steroid dienone is 1. The summed E-state index contributed by atoms with van der Waals surface area (Å²) in [4.78, 5) is 14.0. The lowest BCUT2D eigenvalue weighted by atomic mass is 9.84. The standard InChI is InChI=1S/C33H35F2NO3/c1-21-18-25(35)11-13-27(21)30-8-3-6-23-19-24(33(37)38)10-12-29(23)32(30)28-7-4-9-31(22(28)2)39-26-14-17-36(20-26)16-5-15-34/h4,7,9-13,18-19,26H,3,5-6,8,14-17,20H2,1-2H3,(H,37,38)/t26-/m1/s1. The molecule has 1 heterocycles. The van der Waals surface area contributed by atoms with E-state index in [1.165, 1.54) is 6.07 Å². The summed E-state index contributed by atoms with van der Waals surface area (Å²) >= 11 is 0. The van der Waals surface area contributed by atoms with E-state index < -0.39 is 5.97 Å². The number of hydrogen-bond acceptors (Lipinski definition) is 3. The number of aryl methyl sites for hydroxylation is 2. The lowest BCUT2D eigenvalue weighted by molar-refractivity contribution is 0.0696. The van der Waals surface area contributed by atoms with Gasteiger partial charge in [-0.2, -0.15) is 0 Å². The van der Waals surface area contributed by atoms with Crippen LogP contribution in [0.15, 0.2) is 54.6 Å². The molecule has 0 unspecified atom stereocenters. The second-order valence-corrected chi connectivity index (χ2v) is 10.6. The van der Waals surface area contributed by atoms with E-state index in [-0.39, 0.29) is 24.2 Å². The van der Waals surface area contributed by atoms with Crippen molar-refractivity contribution in [3.63, 3.8) is 0 Å². The van der Waals surface area contributed by atoms with Crippen molar-refractivity contribution < 1.29 is 23.4 Å². The van der Waals surface area contributed by atoms with Gasteiger partial charge in [0.15, 0.2) is 0 Å². The lowest BCUT2D eigenvalue weighted by Crippen LogP contribution is -2.26. The molecule has 0 aromatic heterocycles. The molecule has 39 heavy (non-hydrogen) atoms. The van der Waals surface area contributed by atoms with Crippen LogP contribution in [0.1, 0.15) is 69.4 Å². The molecule has 0 spiro atoms. The summed E-state index contributed by atoms with van der Waals surface area (Å²) in [5.74, 6) is -0.381. The number of fused-ring (bicyclic) bond motifs is 1. The molecule has 1 saturated heterocycles. The number of carboxylic acids is 1. The molecule has 5 rings (SSSR count). The number of carbonyl (C=O) groups is 1. The van der Waals surface area contributed by atoms with Crippen LogP contribution < -0.4 is 4.74 Å². The number of aromatic carboxylic acids is 1. The Kier molecular flexibility index (Phi) is 8.12. The van der Waals surface area contributed by atoms with Crippen LogP contribution in [-0.4, -0.2) is 48.4 Å². The molecular formula is C33H35F2NO3. The van der Waals surface area contributed by atoms with Crippen LogP contribution >= 0.6 is 0 Å². The van der Waals surface area contributed by atoms with Gasteiger partial charge >= 0.3 is 5.97 Å². The van der Waals surface area contributed by atoms with E-state index in [0.29, 0.717) is 6.42 Å². The first kappa shape index (κ1) is 27.1. The van der Waals surface area contributed by atoms with Gasteiger partial charge in [0, 0.05) is 19.6 Å². The fourth-order valence-electron chi connectivity index (χ4n) is 6.04. The number of benzene rings is 3. The molecule has 0 saturated carbocycles. The van der Waals surface area contributed by atoms with Crippen molar-refractivity contribution in [3.05, 3.63) is 99.4 Å². The summed E-state index contributed by atoms with van der Waals surface area (Å²) in [6.07, 6.45) is 3.90. The van der Waals surface area contributed by atoms with Gasteiger partial charge in [0.2, 0.25) is 0 Å². The second-order valence-electron chi connectivity index (χ2n) is 10.6. The molecule has 3 aromatic carbocycles. The molecule has 1 aliphatic heterocycles. The van der Waals surface area contributed by atoms with Crippen molar-refractivity contribution in [3.8, 4) is 5.75 Å². The molecule has 204 valence electrons. The largest absolute Gasteiger partial charge is 0.489 e. The maximum absolute atomic E-state index is 14.1. The molecule has 3 aromatic rings. The first-order valence-electron chi connectivity index (χ1n) is 13.8. The smallest absolute Gasteiger partial charge is 0.335 e. The van der Waals surface area contributed by atoms with Crippen LogP contribution in [0.25, 0.3) is 11.1 Å². The number of ether oxygens (including phenoxy) is 1. The van der Waals surface area contributed by atoms with Gasteiger partial charge in [-0.3, -0.25) is 9.29 Å². The molecule has 1 N–H and O–H groups in total. The number of halogens is 2. The zero-order valence-corrected chi connectivity index (χ0v) is 22.6. The molecular weight excluding hydrogens is 496 g/mol. The van der Waals surface area contributed by atoms with E-state index in [4.69, 9.17) is 4.74 Å². The third kappa shape index (κ3) is 5.76. The van der Waals surface area contributed by atoms with Gasteiger partial charge in [0.1, 0.15) is 17.7 Å². The van der Waals surface area contributed by atoms with Gasteiger partial charge in [-0.25, -0.2) is 9.18 Å². The number of rotatable bonds is 8. The zero-order chi connectivity index (χ0) is 27.5. The second kappa shape index (κ2) is 11.7. The number of carboxylic acid groups (broad SMARTS) is 1. The Morgan fingerprint density at radius 1 is 1.05 bits per heavy atom. The van der Waals surface area contributed by atoms with Crippen LogP contribution in [-0.2, 0) is 6.42 Å². The van der Waals surface area contributed by atoms with Crippen molar-refractivity contribution in [1.29, 1.82) is 0 Å². The summed E-state index contributed by atoms with van der Waals surface area (Å²) in [7, 11) is 0. The van der Waals surface area contributed by atoms with Crippen molar-refractivity contribution in [1.82, 2.24) is 4.90 Å². The minimum Gasteiger partial charge on any atom is -0.489 e. The quantitative estimate of drug-likeness (QED) is 0.333. The van der Waals surface area contributed by atoms with E-state index in [1.54, 1.807) is 18.2 Å². The van der Waals surface area contributed by atoms with E-state index in [9.17, 15) is 18.7 Å². The van der Waals surface area contributed by atoms with Crippen molar-refractivity contribution in [2.75, 3.05) is 26.3 Å². The first-order chi connectivity index (χ1) is 18.9. The predicted molar refractivity (Wildman–Crippen MR) is 151 cm³/mol. The Hall–Kier alpha value is -3.51. The molecule has 2 aliphatic rings. The van der Waals surface area contributed by atoms with Gasteiger partial charge in [0.25, 0.3) is 0 Å². The van der Waals surface area contributed by atoms with Crippen LogP contribution in [0.3, 0.4) is 0 Å². The van der Waals surface area contributed by atoms with Crippen LogP contribution in [0.2, 0.25) is 0 Å². The highest BCUT2D eigenvalue weighted by molar-refractivity contribution is 6.02. The summed E-state index contributed by atoms with van der Waals surface area (Å²) in [5, 5.41) is 9.63. The molecule has 6 heteroatoms. The highest BCUT2D eigenvalue weighted by Gasteiger charge is 2.27. The average Bonchev–Trinajstić information content (AvgIpc) is 3.27. The van der Waals surface area contributed by atoms with Crippen LogP contribution in [0.4, 0.5) is 8.78 Å². The van der Waals surface area contributed by atoms with Crippen molar-refractivity contribution in [2.45, 2.75) is 52.1 Å². The first-order valence-corrected chi connectivity index (χ1v) is 13.8. The normalized spacial score (nSPS) is 17.7. The minimum absolute atomic E-state index is 0.0471. The van der Waals surface area contributed by atoms with E-state index >= 15 is 0 Å². The Morgan fingerprint density at radius 2 is 1.87 bits per heavy atom. The molecule has 4 nitrogen and oxygen atoms in total. The molecule has 1 atom stereocenters. The maximum Gasteiger partial charge on any atom is 0.335 e. The van der Waals surface area contributed by atoms with Gasteiger partial charge < -0.3 is 9.84 Å². The molecule has 0 bridgehead atoms. The van der Waals surface area contributed by atoms with Gasteiger partial charge in [0.05, 0.1) is 12.2 Å². The van der Waals surface area contributed by atoms with Crippen molar-refractivity contribution >= 4 is 17.1 Å². The summed E-state index contributed by atoms with van der Waals surface area (Å²) < 4.78 is 33.2. The summed E-state index contributed by atoms with van der Waals surface area (Å²) in [6.45, 7) is 6.14. The Labute approximate surface area is 228 Å². The van der Waals surface area contributed by atoms with E-state index in [2.05, 4.69) is 17.9 Å². The average molecular weight is 532 g/mol. The molecule has 0 amide bonds. The molecule has 0 radical (unpaired) electrons. The minimum atomic E-state index is -0.939. The predicted octanol–water partition coefficient (Wildman–Crippen LogP) is 7.25. The van der Waals surface area contributed by atoms with Gasteiger partial charge in [-0.05, 0) is 121 Å². The van der Waals surface area contributed by atoms with E-state index in [1.807, 2.05) is 31.2 Å². The summed E-state index contributed by atoms with van der Waals surface area (Å²) in [5.41, 5.74) is 8.40. The van der Waals surface area contributed by atoms with Gasteiger partial charge in [-0.15, -0.1) is 0 Å². The highest BCUT2D eigenvalue weighted by atomic mass is 19.1. The van der Waals surface area contributed by atoms with Gasteiger partial charge in [-0.1, -0.05) is 24.3 Å². The third-order valence-electron chi connectivity index (χ3n) is 7.99. The number of alkyl halides is 1. The number of hydrogen-bond donors (Lipinski definition) is 1. The van der Waals surface area contributed by atoms with Crippen molar-refractivity contribution in [2.24, 2.45) is 0 Å². The Balaban J connectivity index is 1.61. The van der Waals surface area contributed by atoms with Crippen LogP contribution in [0.5, 0.6) is 5.75 Å². The maximum atomic E-state index is 14.1. The number of nitrogens with zero attached hydrogens (tertiary/aromatic N) is 1. The SMILES string of the molecule is Cc1cc(F)ccc1C1=C(c2cccc(O[C@@H]3CCN(CCCF)C3)c2C)c2ccc(C(=O)O)cc2CCC1. The monoisotopic (exact) mass is 531 g/mol. The molecule has 1 aliphatic carbocycles. The third-order valence-corrected chi connectivity index (χ3v) is 7.99. The Bertz CT molecular complexity index is 1410. The topological polar surface area (TPSA) is 49.8 Å². The molecule has 1 fully saturated rings. The van der Waals surface area contributed by atoms with Crippen LogP contribution in [0, 0.1) is 19.7 Å². The lowest BCUT2D eigenvalue weighted by Gasteiger charge is -2.22. The Morgan fingerprint density at radius 3 is 2.64 bits per heavy atom. The zero-order valence-electron chi connectivity index (χ0n) is 22.6.